The van der Waals surface area contributed by atoms with Crippen molar-refractivity contribution in [3.05, 3.63) is 22.5 Å². The first-order valence-electron chi connectivity index (χ1n) is 3.37. The van der Waals surface area contributed by atoms with E-state index in [9.17, 15) is 13.6 Å². The highest BCUT2D eigenvalue weighted by atomic mass is 35.5. The fraction of sp³-hybridized carbons (Fsp3) is 0.143. The number of nitrogen functional groups attached to an aromatic ring is 1. The van der Waals surface area contributed by atoms with Crippen molar-refractivity contribution in [1.82, 2.24) is 4.98 Å². The van der Waals surface area contributed by atoms with Crippen LogP contribution < -0.4 is 5.73 Å². The second-order valence-electron chi connectivity index (χ2n) is 2.37. The zero-order valence-corrected chi connectivity index (χ0v) is 8.11. The van der Waals surface area contributed by atoms with Crippen LogP contribution in [0.1, 0.15) is 22.6 Å². The molecule has 0 atom stereocenters. The number of pyridine rings is 1. The van der Waals surface area contributed by atoms with Crippen LogP contribution in [0.2, 0.25) is 5.02 Å². The van der Waals surface area contributed by atoms with Crippen LogP contribution in [0.25, 0.3) is 0 Å². The van der Waals surface area contributed by atoms with Crippen LogP contribution in [0, 0.1) is 0 Å². The Labute approximate surface area is 87.8 Å². The summed E-state index contributed by atoms with van der Waals surface area (Å²) in [5.74, 6) is 0. The largest absolute Gasteiger partial charge is 0.397 e. The molecule has 0 unspecified atom stereocenters. The van der Waals surface area contributed by atoms with Gasteiger partial charge in [-0.1, -0.05) is 11.6 Å². The van der Waals surface area contributed by atoms with Gasteiger partial charge in [0.05, 0.1) is 10.7 Å². The Morgan fingerprint density at radius 3 is 2.57 bits per heavy atom. The minimum absolute atomic E-state index is 0.152. The molecule has 3 nitrogen and oxygen atoms in total. The van der Waals surface area contributed by atoms with Gasteiger partial charge in [-0.05, 0) is 17.7 Å². The molecular weight excluding hydrogens is 237 g/mol. The molecule has 0 aromatic carbocycles. The number of halogens is 4. The van der Waals surface area contributed by atoms with Crippen LogP contribution in [0.4, 0.5) is 14.5 Å². The van der Waals surface area contributed by atoms with E-state index < -0.39 is 17.4 Å². The lowest BCUT2D eigenvalue weighted by Gasteiger charge is -2.06. The third-order valence-electron chi connectivity index (χ3n) is 1.42. The molecule has 0 spiro atoms. The van der Waals surface area contributed by atoms with Crippen molar-refractivity contribution < 1.29 is 13.6 Å². The number of rotatable bonds is 2. The highest BCUT2D eigenvalue weighted by Crippen LogP contribution is 2.30. The molecule has 1 heterocycles. The van der Waals surface area contributed by atoms with Gasteiger partial charge < -0.3 is 5.73 Å². The lowest BCUT2D eigenvalue weighted by molar-refractivity contribution is 0.107. The van der Waals surface area contributed by atoms with Gasteiger partial charge in [0.25, 0.3) is 11.7 Å². The molecular formula is C7H4Cl2F2N2O. The molecule has 1 aromatic rings. The van der Waals surface area contributed by atoms with E-state index in [1.165, 1.54) is 0 Å². The van der Waals surface area contributed by atoms with Gasteiger partial charge in [-0.25, -0.2) is 13.8 Å². The number of anilines is 1. The van der Waals surface area contributed by atoms with Gasteiger partial charge in [-0.3, -0.25) is 4.79 Å². The molecule has 0 aliphatic carbocycles. The summed E-state index contributed by atoms with van der Waals surface area (Å²) in [6.45, 7) is 0. The van der Waals surface area contributed by atoms with Gasteiger partial charge in [0.15, 0.2) is 0 Å². The summed E-state index contributed by atoms with van der Waals surface area (Å²) in [7, 11) is 0. The minimum atomic E-state index is -2.90. The Morgan fingerprint density at radius 2 is 2.14 bits per heavy atom. The lowest BCUT2D eigenvalue weighted by Crippen LogP contribution is -2.03. The average Bonchev–Trinajstić information content (AvgIpc) is 2.08. The van der Waals surface area contributed by atoms with Gasteiger partial charge in [0, 0.05) is 0 Å². The van der Waals surface area contributed by atoms with Crippen LogP contribution in [-0.4, -0.2) is 10.2 Å². The lowest BCUT2D eigenvalue weighted by atomic mass is 10.2. The fourth-order valence-corrected chi connectivity index (χ4v) is 1.09. The number of hydrogen-bond donors (Lipinski definition) is 1. The molecule has 14 heavy (non-hydrogen) atoms. The standard InChI is InChI=1S/C7H4Cl2F2N2O/c8-4-2(12)1-3(6(9)14)13-5(4)7(10)11/h1,7H,(H2,12,13). The highest BCUT2D eigenvalue weighted by Gasteiger charge is 2.19. The Hall–Kier alpha value is -0.940. The molecule has 76 valence electrons. The highest BCUT2D eigenvalue weighted by molar-refractivity contribution is 6.67. The predicted octanol–water partition coefficient (Wildman–Crippen LogP) is 2.63. The molecule has 0 saturated carbocycles. The summed E-state index contributed by atoms with van der Waals surface area (Å²) >= 11 is 10.5. The van der Waals surface area contributed by atoms with E-state index in [-0.39, 0.29) is 16.4 Å². The van der Waals surface area contributed by atoms with Crippen LogP contribution in [0.3, 0.4) is 0 Å². The van der Waals surface area contributed by atoms with Crippen LogP contribution in [0.15, 0.2) is 6.07 Å². The van der Waals surface area contributed by atoms with Crippen molar-refractivity contribution >= 4 is 34.1 Å². The van der Waals surface area contributed by atoms with Gasteiger partial charge in [0.2, 0.25) is 0 Å². The smallest absolute Gasteiger partial charge is 0.281 e. The molecule has 0 amide bonds. The first-order valence-corrected chi connectivity index (χ1v) is 4.13. The molecule has 1 aromatic heterocycles. The van der Waals surface area contributed by atoms with E-state index in [2.05, 4.69) is 4.98 Å². The van der Waals surface area contributed by atoms with E-state index in [0.717, 1.165) is 6.07 Å². The van der Waals surface area contributed by atoms with Crippen molar-refractivity contribution in [2.24, 2.45) is 0 Å². The fourth-order valence-electron chi connectivity index (χ4n) is 0.815. The number of carbonyl (C=O) groups is 1. The van der Waals surface area contributed by atoms with Crippen LogP contribution >= 0.6 is 23.2 Å². The maximum atomic E-state index is 12.3. The van der Waals surface area contributed by atoms with Gasteiger partial charge in [0.1, 0.15) is 11.4 Å². The minimum Gasteiger partial charge on any atom is -0.397 e. The number of aromatic nitrogens is 1. The zero-order valence-electron chi connectivity index (χ0n) is 6.60. The molecule has 2 N–H and O–H groups in total. The normalized spacial score (nSPS) is 10.6. The Morgan fingerprint density at radius 1 is 1.57 bits per heavy atom. The van der Waals surface area contributed by atoms with E-state index in [1.54, 1.807) is 0 Å². The predicted molar refractivity (Wildman–Crippen MR) is 48.8 cm³/mol. The molecule has 0 aliphatic rings. The second kappa shape index (κ2) is 4.06. The summed E-state index contributed by atoms with van der Waals surface area (Å²) in [6, 6.07) is 1.05. The van der Waals surface area contributed by atoms with E-state index >= 15 is 0 Å². The maximum absolute atomic E-state index is 12.3. The quantitative estimate of drug-likeness (QED) is 0.809. The third-order valence-corrected chi connectivity index (χ3v) is 2.02. The van der Waals surface area contributed by atoms with Gasteiger partial charge in [-0.2, -0.15) is 0 Å². The van der Waals surface area contributed by atoms with E-state index in [1.807, 2.05) is 0 Å². The summed E-state index contributed by atoms with van der Waals surface area (Å²) in [4.78, 5) is 13.9. The number of alkyl halides is 2. The number of hydrogen-bond acceptors (Lipinski definition) is 3. The molecule has 0 fully saturated rings. The molecule has 7 heteroatoms. The molecule has 0 saturated heterocycles. The SMILES string of the molecule is Nc1cc(C(=O)Cl)nc(C(F)F)c1Cl. The Bertz CT molecular complexity index is 384. The molecule has 0 aliphatic heterocycles. The number of nitrogens with two attached hydrogens (primary N) is 1. The number of carbonyl (C=O) groups excluding carboxylic acids is 1. The third kappa shape index (κ3) is 2.10. The second-order valence-corrected chi connectivity index (χ2v) is 3.09. The topological polar surface area (TPSA) is 56.0 Å². The summed E-state index contributed by atoms with van der Waals surface area (Å²) in [6.07, 6.45) is -2.90. The summed E-state index contributed by atoms with van der Waals surface area (Å²) in [5, 5.41) is -1.32. The van der Waals surface area contributed by atoms with Gasteiger partial charge in [-0.15, -0.1) is 0 Å². The van der Waals surface area contributed by atoms with Crippen molar-refractivity contribution in [2.75, 3.05) is 5.73 Å². The first-order chi connectivity index (χ1) is 6.43. The van der Waals surface area contributed by atoms with Crippen molar-refractivity contribution in [1.29, 1.82) is 0 Å². The summed E-state index contributed by atoms with van der Waals surface area (Å²) < 4.78 is 24.6. The Balaban J connectivity index is 3.35. The van der Waals surface area contributed by atoms with Crippen LogP contribution in [0.5, 0.6) is 0 Å². The van der Waals surface area contributed by atoms with Gasteiger partial charge >= 0.3 is 0 Å². The zero-order chi connectivity index (χ0) is 10.9. The van der Waals surface area contributed by atoms with Crippen LogP contribution in [-0.2, 0) is 0 Å². The van der Waals surface area contributed by atoms with E-state index in [0.29, 0.717) is 0 Å². The van der Waals surface area contributed by atoms with Crippen molar-refractivity contribution in [3.63, 3.8) is 0 Å². The number of nitrogens with zero attached hydrogens (tertiary/aromatic N) is 1. The molecule has 0 bridgehead atoms. The summed E-state index contributed by atoms with van der Waals surface area (Å²) in [5.41, 5.74) is 4.05. The van der Waals surface area contributed by atoms with E-state index in [4.69, 9.17) is 28.9 Å². The van der Waals surface area contributed by atoms with Crippen molar-refractivity contribution in [3.8, 4) is 0 Å². The average molecular weight is 241 g/mol. The van der Waals surface area contributed by atoms with Crippen molar-refractivity contribution in [2.45, 2.75) is 6.43 Å². The Kier molecular flexibility index (Phi) is 3.23. The molecule has 0 radical (unpaired) electrons. The first kappa shape index (κ1) is 11.1. The monoisotopic (exact) mass is 240 g/mol. The molecule has 1 rings (SSSR count). The maximum Gasteiger partial charge on any atom is 0.281 e.